The first-order valence-electron chi connectivity index (χ1n) is 6.42. The number of aryl methyl sites for hydroxylation is 1. The number of sulfonamides is 1. The molecule has 6 nitrogen and oxygen atoms in total. The van der Waals surface area contributed by atoms with E-state index in [0.29, 0.717) is 0 Å². The first-order valence-corrected chi connectivity index (χ1v) is 7.90. The molecule has 0 aliphatic rings. The Morgan fingerprint density at radius 2 is 1.76 bits per heavy atom. The van der Waals surface area contributed by atoms with E-state index < -0.39 is 10.0 Å². The second-order valence-electron chi connectivity index (χ2n) is 5.03. The molecule has 0 fully saturated rings. The van der Waals surface area contributed by atoms with E-state index >= 15 is 0 Å². The van der Waals surface area contributed by atoms with Crippen molar-refractivity contribution < 1.29 is 8.42 Å². The Labute approximate surface area is 124 Å². The van der Waals surface area contributed by atoms with Crippen molar-refractivity contribution >= 4 is 15.8 Å². The number of aromatic nitrogens is 2. The molecule has 2 rings (SSSR count). The van der Waals surface area contributed by atoms with Gasteiger partial charge in [-0.1, -0.05) is 12.1 Å². The van der Waals surface area contributed by atoms with Gasteiger partial charge in [0.15, 0.2) is 5.82 Å². The average Bonchev–Trinajstić information content (AvgIpc) is 2.41. The van der Waals surface area contributed by atoms with Gasteiger partial charge in [-0.15, -0.1) is 0 Å². The standard InChI is InChI=1S/C14H18N4O2S/c1-11-8-16-14(9-15-11)17-21(19,20)13-6-4-12(5-7-13)10-18(2)3/h4-9H,10H2,1-3H3,(H,16,17). The van der Waals surface area contributed by atoms with Crippen LogP contribution in [0, 0.1) is 6.92 Å². The summed E-state index contributed by atoms with van der Waals surface area (Å²) in [5, 5.41) is 0. The van der Waals surface area contributed by atoms with Crippen molar-refractivity contribution in [2.45, 2.75) is 18.4 Å². The lowest BCUT2D eigenvalue weighted by molar-refractivity contribution is 0.402. The van der Waals surface area contributed by atoms with Gasteiger partial charge in [0.25, 0.3) is 10.0 Å². The van der Waals surface area contributed by atoms with E-state index in [1.54, 1.807) is 31.2 Å². The Balaban J connectivity index is 2.17. The van der Waals surface area contributed by atoms with Gasteiger partial charge >= 0.3 is 0 Å². The Morgan fingerprint density at radius 3 is 2.29 bits per heavy atom. The summed E-state index contributed by atoms with van der Waals surface area (Å²) in [6.07, 6.45) is 2.91. The van der Waals surface area contributed by atoms with Crippen LogP contribution in [-0.2, 0) is 16.6 Å². The zero-order chi connectivity index (χ0) is 15.5. The fraction of sp³-hybridized carbons (Fsp3) is 0.286. The van der Waals surface area contributed by atoms with Crippen LogP contribution in [0.1, 0.15) is 11.3 Å². The summed E-state index contributed by atoms with van der Waals surface area (Å²) < 4.78 is 26.9. The highest BCUT2D eigenvalue weighted by atomic mass is 32.2. The maximum absolute atomic E-state index is 12.2. The van der Waals surface area contributed by atoms with Gasteiger partial charge in [-0.2, -0.15) is 0 Å². The van der Waals surface area contributed by atoms with E-state index in [1.807, 2.05) is 19.0 Å². The van der Waals surface area contributed by atoms with E-state index in [2.05, 4.69) is 14.7 Å². The van der Waals surface area contributed by atoms with Gasteiger partial charge in [0, 0.05) is 6.54 Å². The third-order valence-electron chi connectivity index (χ3n) is 2.75. The normalized spacial score (nSPS) is 11.6. The largest absolute Gasteiger partial charge is 0.305 e. The number of rotatable bonds is 5. The third-order valence-corrected chi connectivity index (χ3v) is 4.12. The molecule has 1 N–H and O–H groups in total. The van der Waals surface area contributed by atoms with E-state index in [0.717, 1.165) is 17.8 Å². The van der Waals surface area contributed by atoms with Crippen LogP contribution in [0.4, 0.5) is 5.82 Å². The summed E-state index contributed by atoms with van der Waals surface area (Å²) >= 11 is 0. The number of hydrogen-bond donors (Lipinski definition) is 1. The SMILES string of the molecule is Cc1cnc(NS(=O)(=O)c2ccc(CN(C)C)cc2)cn1. The predicted octanol–water partition coefficient (Wildman–Crippen LogP) is 1.65. The molecule has 0 atom stereocenters. The zero-order valence-electron chi connectivity index (χ0n) is 12.2. The van der Waals surface area contributed by atoms with Crippen LogP contribution in [0.2, 0.25) is 0 Å². The summed E-state index contributed by atoms with van der Waals surface area (Å²) in [5.74, 6) is 0.206. The van der Waals surface area contributed by atoms with Gasteiger partial charge in [0.05, 0.1) is 23.0 Å². The van der Waals surface area contributed by atoms with Crippen LogP contribution in [0.15, 0.2) is 41.6 Å². The summed E-state index contributed by atoms with van der Waals surface area (Å²) in [4.78, 5) is 10.2. The molecule has 112 valence electrons. The molecule has 1 aromatic carbocycles. The molecule has 0 radical (unpaired) electrons. The first kappa shape index (κ1) is 15.4. The predicted molar refractivity (Wildman–Crippen MR) is 81.4 cm³/mol. The van der Waals surface area contributed by atoms with Crippen LogP contribution in [0.5, 0.6) is 0 Å². The van der Waals surface area contributed by atoms with Crippen LogP contribution < -0.4 is 4.72 Å². The topological polar surface area (TPSA) is 75.2 Å². The molecule has 0 aliphatic carbocycles. The molecule has 1 aromatic heterocycles. The molecule has 0 amide bonds. The Morgan fingerprint density at radius 1 is 1.10 bits per heavy atom. The lowest BCUT2D eigenvalue weighted by Crippen LogP contribution is -2.15. The van der Waals surface area contributed by atoms with Crippen molar-refractivity contribution in [3.05, 3.63) is 47.9 Å². The van der Waals surface area contributed by atoms with E-state index in [1.165, 1.54) is 12.4 Å². The fourth-order valence-electron chi connectivity index (χ4n) is 1.78. The smallest absolute Gasteiger partial charge is 0.263 e. The Bertz CT molecular complexity index is 695. The van der Waals surface area contributed by atoms with E-state index in [4.69, 9.17) is 0 Å². The Kier molecular flexibility index (Phi) is 4.54. The molecule has 0 saturated carbocycles. The van der Waals surface area contributed by atoms with Gasteiger partial charge in [-0.25, -0.2) is 13.4 Å². The molecular weight excluding hydrogens is 288 g/mol. The van der Waals surface area contributed by atoms with E-state index in [9.17, 15) is 8.42 Å². The lowest BCUT2D eigenvalue weighted by Gasteiger charge is -2.11. The van der Waals surface area contributed by atoms with Crippen LogP contribution in [0.3, 0.4) is 0 Å². The summed E-state index contributed by atoms with van der Waals surface area (Å²) in [6, 6.07) is 6.77. The molecule has 0 spiro atoms. The third kappa shape index (κ3) is 4.24. The van der Waals surface area contributed by atoms with Gasteiger partial charge < -0.3 is 4.90 Å². The number of anilines is 1. The lowest BCUT2D eigenvalue weighted by atomic mass is 10.2. The van der Waals surface area contributed by atoms with Gasteiger partial charge in [-0.05, 0) is 38.7 Å². The van der Waals surface area contributed by atoms with Crippen LogP contribution in [-0.4, -0.2) is 37.4 Å². The highest BCUT2D eigenvalue weighted by Crippen LogP contribution is 2.15. The van der Waals surface area contributed by atoms with E-state index in [-0.39, 0.29) is 10.7 Å². The van der Waals surface area contributed by atoms with Crippen molar-refractivity contribution in [3.63, 3.8) is 0 Å². The fourth-order valence-corrected chi connectivity index (χ4v) is 2.77. The minimum Gasteiger partial charge on any atom is -0.305 e. The van der Waals surface area contributed by atoms with Gasteiger partial charge in [0.1, 0.15) is 0 Å². The minimum absolute atomic E-state index is 0.201. The van der Waals surface area contributed by atoms with Crippen LogP contribution >= 0.6 is 0 Å². The van der Waals surface area contributed by atoms with Crippen LogP contribution in [0.25, 0.3) is 0 Å². The molecule has 7 heteroatoms. The van der Waals surface area contributed by atoms with Gasteiger partial charge in [-0.3, -0.25) is 9.71 Å². The number of hydrogen-bond acceptors (Lipinski definition) is 5. The van der Waals surface area contributed by atoms with Crippen molar-refractivity contribution in [1.29, 1.82) is 0 Å². The minimum atomic E-state index is -3.64. The summed E-state index contributed by atoms with van der Waals surface area (Å²) in [6.45, 7) is 2.55. The Hall–Kier alpha value is -1.99. The average molecular weight is 306 g/mol. The molecule has 1 heterocycles. The first-order chi connectivity index (χ1) is 9.87. The highest BCUT2D eigenvalue weighted by molar-refractivity contribution is 7.92. The van der Waals surface area contributed by atoms with Gasteiger partial charge in [0.2, 0.25) is 0 Å². The van der Waals surface area contributed by atoms with Crippen molar-refractivity contribution in [2.75, 3.05) is 18.8 Å². The second-order valence-corrected chi connectivity index (χ2v) is 6.71. The molecule has 0 aliphatic heterocycles. The molecule has 21 heavy (non-hydrogen) atoms. The zero-order valence-corrected chi connectivity index (χ0v) is 13.1. The maximum Gasteiger partial charge on any atom is 0.263 e. The second kappa shape index (κ2) is 6.19. The molecule has 0 saturated heterocycles. The van der Waals surface area contributed by atoms with Crippen molar-refractivity contribution in [2.24, 2.45) is 0 Å². The maximum atomic E-state index is 12.2. The monoisotopic (exact) mass is 306 g/mol. The summed E-state index contributed by atoms with van der Waals surface area (Å²) in [5.41, 5.74) is 1.78. The number of nitrogens with zero attached hydrogens (tertiary/aromatic N) is 3. The van der Waals surface area contributed by atoms with Crippen molar-refractivity contribution in [1.82, 2.24) is 14.9 Å². The quantitative estimate of drug-likeness (QED) is 0.909. The molecule has 0 unspecified atom stereocenters. The number of benzene rings is 1. The van der Waals surface area contributed by atoms with Crippen molar-refractivity contribution in [3.8, 4) is 0 Å². The molecule has 2 aromatic rings. The number of nitrogens with one attached hydrogen (secondary N) is 1. The molecule has 0 bridgehead atoms. The summed E-state index contributed by atoms with van der Waals surface area (Å²) in [7, 11) is 0.284. The molecular formula is C14H18N4O2S. The highest BCUT2D eigenvalue weighted by Gasteiger charge is 2.14.